The maximum absolute atomic E-state index is 11.0. The van der Waals surface area contributed by atoms with Gasteiger partial charge in [-0.25, -0.2) is 4.98 Å². The van der Waals surface area contributed by atoms with E-state index >= 15 is 0 Å². The van der Waals surface area contributed by atoms with Gasteiger partial charge in [0.05, 0.1) is 6.10 Å². The molecule has 0 saturated carbocycles. The summed E-state index contributed by atoms with van der Waals surface area (Å²) in [6.07, 6.45) is 0.241. The van der Waals surface area contributed by atoms with E-state index in [-0.39, 0.29) is 18.4 Å². The van der Waals surface area contributed by atoms with Crippen molar-refractivity contribution >= 4 is 11.9 Å². The minimum absolute atomic E-state index is 0.0424. The number of nitrogens with zero attached hydrogens (tertiary/aromatic N) is 2. The quantitative estimate of drug-likeness (QED) is 0.817. The number of nitrogens with one attached hydrogen (secondary N) is 1. The number of amides is 1. The number of hydrogen-bond donors (Lipinski definition) is 2. The number of rotatable bonds is 6. The zero-order chi connectivity index (χ0) is 14.6. The molecule has 1 heterocycles. The van der Waals surface area contributed by atoms with Gasteiger partial charge in [0.15, 0.2) is 0 Å². The molecular formula is C13H22N4O2. The summed E-state index contributed by atoms with van der Waals surface area (Å²) in [6.45, 7) is 9.46. The molecular weight excluding hydrogens is 244 g/mol. The third-order valence-corrected chi connectivity index (χ3v) is 2.25. The summed E-state index contributed by atoms with van der Waals surface area (Å²) >= 11 is 0. The highest BCUT2D eigenvalue weighted by atomic mass is 16.5. The number of anilines is 1. The first-order valence-electron chi connectivity index (χ1n) is 6.27. The Morgan fingerprint density at radius 3 is 2.63 bits per heavy atom. The normalized spacial score (nSPS) is 11.5. The largest absolute Gasteiger partial charge is 0.475 e. The minimum Gasteiger partial charge on any atom is -0.475 e. The van der Waals surface area contributed by atoms with E-state index < -0.39 is 5.54 Å². The van der Waals surface area contributed by atoms with Crippen molar-refractivity contribution in [1.82, 2.24) is 9.97 Å². The number of nitrogens with two attached hydrogens (primary N) is 1. The molecule has 0 aliphatic carbocycles. The van der Waals surface area contributed by atoms with Crippen LogP contribution in [0.25, 0.3) is 0 Å². The molecule has 1 rings (SSSR count). The van der Waals surface area contributed by atoms with Gasteiger partial charge in [-0.1, -0.05) is 0 Å². The van der Waals surface area contributed by atoms with Gasteiger partial charge in [-0.3, -0.25) is 4.79 Å². The first-order chi connectivity index (χ1) is 8.68. The minimum atomic E-state index is -0.505. The molecule has 0 aliphatic heterocycles. The van der Waals surface area contributed by atoms with Crippen LogP contribution in [0.2, 0.25) is 0 Å². The molecule has 6 heteroatoms. The number of aromatic nitrogens is 2. The Hall–Kier alpha value is -1.85. The molecule has 19 heavy (non-hydrogen) atoms. The van der Waals surface area contributed by atoms with E-state index in [1.54, 1.807) is 6.07 Å². The Morgan fingerprint density at radius 1 is 1.47 bits per heavy atom. The molecule has 0 atom stereocenters. The van der Waals surface area contributed by atoms with E-state index in [2.05, 4.69) is 15.3 Å². The average Bonchev–Trinajstić information content (AvgIpc) is 2.10. The van der Waals surface area contributed by atoms with E-state index in [0.717, 1.165) is 5.69 Å². The van der Waals surface area contributed by atoms with Gasteiger partial charge in [0, 0.05) is 23.7 Å². The number of carbonyl (C=O) groups excluding carboxylic acids is 1. The van der Waals surface area contributed by atoms with E-state index in [1.165, 1.54) is 0 Å². The van der Waals surface area contributed by atoms with Gasteiger partial charge in [0.1, 0.15) is 0 Å². The van der Waals surface area contributed by atoms with Crippen LogP contribution in [0.1, 0.15) is 39.8 Å². The summed E-state index contributed by atoms with van der Waals surface area (Å²) < 4.78 is 5.55. The van der Waals surface area contributed by atoms with Crippen LogP contribution in [-0.2, 0) is 4.79 Å². The Kier molecular flexibility index (Phi) is 4.69. The lowest BCUT2D eigenvalue weighted by molar-refractivity contribution is -0.118. The van der Waals surface area contributed by atoms with Crippen LogP contribution >= 0.6 is 0 Å². The molecule has 0 fully saturated rings. The summed E-state index contributed by atoms with van der Waals surface area (Å²) in [5, 5.41) is 3.10. The maximum Gasteiger partial charge on any atom is 0.226 e. The lowest BCUT2D eigenvalue weighted by Gasteiger charge is -2.25. The zero-order valence-electron chi connectivity index (χ0n) is 12.2. The lowest BCUT2D eigenvalue weighted by Crippen LogP contribution is -2.36. The van der Waals surface area contributed by atoms with Crippen LogP contribution in [0, 0.1) is 6.92 Å². The molecule has 0 radical (unpaired) electrons. The second-order valence-corrected chi connectivity index (χ2v) is 5.49. The molecule has 0 saturated heterocycles. The van der Waals surface area contributed by atoms with Crippen LogP contribution in [-0.4, -0.2) is 27.5 Å². The van der Waals surface area contributed by atoms with Crippen molar-refractivity contribution in [1.29, 1.82) is 0 Å². The van der Waals surface area contributed by atoms with E-state index in [1.807, 2.05) is 34.6 Å². The van der Waals surface area contributed by atoms with Crippen molar-refractivity contribution in [2.75, 3.05) is 5.32 Å². The van der Waals surface area contributed by atoms with Crippen LogP contribution in [0.15, 0.2) is 6.07 Å². The zero-order valence-corrected chi connectivity index (χ0v) is 12.2. The highest BCUT2D eigenvalue weighted by Crippen LogP contribution is 2.18. The molecule has 0 unspecified atom stereocenters. The predicted octanol–water partition coefficient (Wildman–Crippen LogP) is 1.64. The molecule has 106 valence electrons. The van der Waals surface area contributed by atoms with E-state index in [0.29, 0.717) is 11.8 Å². The molecule has 6 nitrogen and oxygen atoms in total. The molecule has 1 amide bonds. The molecule has 1 aromatic rings. The summed E-state index contributed by atoms with van der Waals surface area (Å²) in [7, 11) is 0. The van der Waals surface area contributed by atoms with Crippen molar-refractivity contribution in [3.05, 3.63) is 11.8 Å². The van der Waals surface area contributed by atoms with Crippen molar-refractivity contribution < 1.29 is 9.53 Å². The number of primary amides is 1. The van der Waals surface area contributed by atoms with Crippen molar-refractivity contribution in [2.45, 2.75) is 52.7 Å². The standard InChI is InChI=1S/C13H22N4O2/c1-8(2)19-11-6-9(3)15-12(16-11)17-13(4,5)7-10(14)18/h6,8H,7H2,1-5H3,(H2,14,18)(H,15,16,17). The van der Waals surface area contributed by atoms with Gasteiger partial charge in [0.2, 0.25) is 17.7 Å². The summed E-state index contributed by atoms with van der Waals surface area (Å²) in [6, 6.07) is 1.77. The van der Waals surface area contributed by atoms with Crippen LogP contribution in [0.3, 0.4) is 0 Å². The molecule has 0 aromatic carbocycles. The fourth-order valence-corrected chi connectivity index (χ4v) is 1.68. The predicted molar refractivity (Wildman–Crippen MR) is 74.0 cm³/mol. The number of aryl methyl sites for hydroxylation is 1. The SMILES string of the molecule is Cc1cc(OC(C)C)nc(NC(C)(C)CC(N)=O)n1. The van der Waals surface area contributed by atoms with Gasteiger partial charge in [-0.05, 0) is 34.6 Å². The molecule has 3 N–H and O–H groups in total. The monoisotopic (exact) mass is 266 g/mol. The number of hydrogen-bond acceptors (Lipinski definition) is 5. The summed E-state index contributed by atoms with van der Waals surface area (Å²) in [4.78, 5) is 19.6. The highest BCUT2D eigenvalue weighted by Gasteiger charge is 2.22. The first kappa shape index (κ1) is 15.2. The second kappa shape index (κ2) is 5.86. The fourth-order valence-electron chi connectivity index (χ4n) is 1.68. The Morgan fingerprint density at radius 2 is 2.11 bits per heavy atom. The van der Waals surface area contributed by atoms with Gasteiger partial charge in [0.25, 0.3) is 0 Å². The van der Waals surface area contributed by atoms with Gasteiger partial charge in [-0.2, -0.15) is 4.98 Å². The molecule has 0 spiro atoms. The number of ether oxygens (including phenoxy) is 1. The van der Waals surface area contributed by atoms with Crippen LogP contribution in [0.5, 0.6) is 5.88 Å². The second-order valence-electron chi connectivity index (χ2n) is 5.49. The van der Waals surface area contributed by atoms with Crippen LogP contribution in [0.4, 0.5) is 5.95 Å². The third kappa shape index (κ3) is 5.54. The molecule has 1 aromatic heterocycles. The fraction of sp³-hybridized carbons (Fsp3) is 0.615. The van der Waals surface area contributed by atoms with E-state index in [4.69, 9.17) is 10.5 Å². The third-order valence-electron chi connectivity index (χ3n) is 2.25. The van der Waals surface area contributed by atoms with E-state index in [9.17, 15) is 4.79 Å². The van der Waals surface area contributed by atoms with Gasteiger partial charge < -0.3 is 15.8 Å². The maximum atomic E-state index is 11.0. The Bertz CT molecular complexity index is 458. The topological polar surface area (TPSA) is 90.1 Å². The highest BCUT2D eigenvalue weighted by molar-refractivity contribution is 5.75. The Labute approximate surface area is 113 Å². The van der Waals surface area contributed by atoms with Crippen molar-refractivity contribution in [2.24, 2.45) is 5.73 Å². The van der Waals surface area contributed by atoms with Crippen LogP contribution < -0.4 is 15.8 Å². The van der Waals surface area contributed by atoms with Crippen molar-refractivity contribution in [3.8, 4) is 5.88 Å². The summed E-state index contributed by atoms with van der Waals surface area (Å²) in [5.41, 5.74) is 5.50. The first-order valence-corrected chi connectivity index (χ1v) is 6.27. The lowest BCUT2D eigenvalue weighted by atomic mass is 10.0. The van der Waals surface area contributed by atoms with Gasteiger partial charge >= 0.3 is 0 Å². The Balaban J connectivity index is 2.88. The smallest absolute Gasteiger partial charge is 0.226 e. The van der Waals surface area contributed by atoms with Gasteiger partial charge in [-0.15, -0.1) is 0 Å². The molecule has 0 bridgehead atoms. The molecule has 0 aliphatic rings. The summed E-state index contributed by atoms with van der Waals surface area (Å²) in [5.74, 6) is 0.575. The van der Waals surface area contributed by atoms with Crippen molar-refractivity contribution in [3.63, 3.8) is 0 Å². The number of carbonyl (C=O) groups is 1. The average molecular weight is 266 g/mol.